The molecule has 7 nitrogen and oxygen atoms in total. The van der Waals surface area contributed by atoms with Crippen molar-refractivity contribution in [1.29, 1.82) is 0 Å². The van der Waals surface area contributed by atoms with E-state index in [-0.39, 0.29) is 24.6 Å². The molecule has 3 rings (SSSR count). The summed E-state index contributed by atoms with van der Waals surface area (Å²) in [6.45, 7) is -1.55. The molecule has 1 heterocycles. The molecule has 0 saturated heterocycles. The Morgan fingerprint density at radius 2 is 1.67 bits per heavy atom. The lowest BCUT2D eigenvalue weighted by atomic mass is 9.92. The van der Waals surface area contributed by atoms with Crippen LogP contribution in [0.3, 0.4) is 0 Å². The number of alkyl halides is 2. The van der Waals surface area contributed by atoms with Gasteiger partial charge in [-0.2, -0.15) is 8.78 Å². The fourth-order valence-corrected chi connectivity index (χ4v) is 3.22. The Bertz CT molecular complexity index is 1030. The summed E-state index contributed by atoms with van der Waals surface area (Å²) < 4.78 is 28.9. The third-order valence-corrected chi connectivity index (χ3v) is 5.01. The number of benzene rings is 2. The van der Waals surface area contributed by atoms with Crippen LogP contribution in [0.1, 0.15) is 31.2 Å². The Kier molecular flexibility index (Phi) is 8.39. The van der Waals surface area contributed by atoms with Gasteiger partial charge in [0.1, 0.15) is 11.5 Å². The van der Waals surface area contributed by atoms with Crippen molar-refractivity contribution >= 4 is 17.4 Å². The van der Waals surface area contributed by atoms with Crippen molar-refractivity contribution in [2.45, 2.75) is 38.4 Å². The van der Waals surface area contributed by atoms with Crippen molar-refractivity contribution in [1.82, 2.24) is 9.97 Å². The summed E-state index contributed by atoms with van der Waals surface area (Å²) in [6, 6.07) is 13.2. The molecule has 0 aliphatic carbocycles. The minimum Gasteiger partial charge on any atom is -0.435 e. The fourth-order valence-electron chi connectivity index (χ4n) is 3.22. The van der Waals surface area contributed by atoms with Gasteiger partial charge in [0.05, 0.1) is 18.6 Å². The molecule has 0 spiro atoms. The van der Waals surface area contributed by atoms with Crippen molar-refractivity contribution in [3.63, 3.8) is 0 Å². The molecule has 0 unspecified atom stereocenters. The van der Waals surface area contributed by atoms with E-state index in [4.69, 9.17) is 0 Å². The lowest BCUT2D eigenvalue weighted by Crippen LogP contribution is -2.18. The summed E-state index contributed by atoms with van der Waals surface area (Å²) in [5.41, 5.74) is 2.85. The highest BCUT2D eigenvalue weighted by atomic mass is 19.3. The van der Waals surface area contributed by atoms with Crippen LogP contribution in [-0.4, -0.2) is 45.3 Å². The molecule has 0 fully saturated rings. The van der Waals surface area contributed by atoms with Gasteiger partial charge in [-0.25, -0.2) is 9.97 Å². The monoisotopic (exact) mass is 457 g/mol. The quantitative estimate of drug-likeness (QED) is 0.394. The second kappa shape index (κ2) is 11.4. The molecular weight excluding hydrogens is 432 g/mol. The molecule has 3 N–H and O–H groups in total. The van der Waals surface area contributed by atoms with Crippen molar-refractivity contribution in [3.05, 3.63) is 66.5 Å². The molecule has 0 amide bonds. The van der Waals surface area contributed by atoms with Crippen LogP contribution in [0, 0.1) is 0 Å². The Balaban J connectivity index is 1.62. The maximum Gasteiger partial charge on any atom is 0.387 e. The maximum absolute atomic E-state index is 12.3. The highest BCUT2D eigenvalue weighted by Gasteiger charge is 2.20. The van der Waals surface area contributed by atoms with Crippen LogP contribution < -0.4 is 10.1 Å². The van der Waals surface area contributed by atoms with Crippen LogP contribution in [0.15, 0.2) is 60.9 Å². The van der Waals surface area contributed by atoms with Gasteiger partial charge in [-0.05, 0) is 48.7 Å². The number of rotatable bonds is 11. The predicted octanol–water partition coefficient (Wildman–Crippen LogP) is 4.29. The number of carbonyl (C=O) groups is 1. The van der Waals surface area contributed by atoms with E-state index in [1.54, 1.807) is 55.7 Å². The average Bonchev–Trinajstić information content (AvgIpc) is 2.80. The third-order valence-electron chi connectivity index (χ3n) is 5.01. The van der Waals surface area contributed by atoms with Gasteiger partial charge in [0.15, 0.2) is 0 Å². The second-order valence-electron chi connectivity index (χ2n) is 7.53. The van der Waals surface area contributed by atoms with Crippen LogP contribution >= 0.6 is 0 Å². The standard InChI is InChI=1S/C24H25F2N3O4/c1-15(31)2-11-22(32)21(14-30)17-3-7-19(8-4-17)29-24-27-12-18(13-28-24)16-5-9-20(10-6-16)33-23(25)26/h3-10,12-13,15,21,23,30-31H,2,11,14H2,1H3,(H,27,28,29)/t15-,21-/m0/s1. The molecule has 0 aliphatic heterocycles. The molecule has 0 saturated carbocycles. The number of nitrogens with zero attached hydrogens (tertiary/aromatic N) is 2. The van der Waals surface area contributed by atoms with Crippen molar-refractivity contribution < 1.29 is 28.5 Å². The molecule has 174 valence electrons. The largest absolute Gasteiger partial charge is 0.435 e. The first-order chi connectivity index (χ1) is 15.9. The number of hydrogen-bond acceptors (Lipinski definition) is 7. The minimum absolute atomic E-state index is 0.0736. The topological polar surface area (TPSA) is 105 Å². The molecule has 0 aliphatic rings. The van der Waals surface area contributed by atoms with E-state index in [9.17, 15) is 23.8 Å². The first-order valence-electron chi connectivity index (χ1n) is 10.4. The van der Waals surface area contributed by atoms with Gasteiger partial charge in [0, 0.05) is 30.1 Å². The molecule has 2 atom stereocenters. The van der Waals surface area contributed by atoms with Gasteiger partial charge in [-0.3, -0.25) is 4.79 Å². The average molecular weight is 457 g/mol. The zero-order chi connectivity index (χ0) is 23.8. The van der Waals surface area contributed by atoms with Crippen molar-refractivity contribution in [3.8, 4) is 16.9 Å². The number of hydrogen-bond donors (Lipinski definition) is 3. The zero-order valence-corrected chi connectivity index (χ0v) is 18.0. The van der Waals surface area contributed by atoms with Crippen LogP contribution in [0.4, 0.5) is 20.4 Å². The van der Waals surface area contributed by atoms with Crippen LogP contribution in [0.5, 0.6) is 5.75 Å². The number of Topliss-reactive ketones (excluding diaryl/α,β-unsaturated/α-hetero) is 1. The molecule has 1 aromatic heterocycles. The van der Waals surface area contributed by atoms with Crippen LogP contribution in [0.2, 0.25) is 0 Å². The highest BCUT2D eigenvalue weighted by molar-refractivity contribution is 5.86. The summed E-state index contributed by atoms with van der Waals surface area (Å²) in [4.78, 5) is 20.9. The van der Waals surface area contributed by atoms with Crippen molar-refractivity contribution in [2.75, 3.05) is 11.9 Å². The summed E-state index contributed by atoms with van der Waals surface area (Å²) in [6.07, 6.45) is 3.20. The van der Waals surface area contributed by atoms with E-state index in [0.717, 1.165) is 5.56 Å². The number of carbonyl (C=O) groups excluding carboxylic acids is 1. The molecule has 9 heteroatoms. The Morgan fingerprint density at radius 1 is 1.03 bits per heavy atom. The Hall–Kier alpha value is -3.43. The number of anilines is 2. The van der Waals surface area contributed by atoms with E-state index in [1.807, 2.05) is 0 Å². The van der Waals surface area contributed by atoms with E-state index < -0.39 is 18.6 Å². The molecule has 2 aromatic carbocycles. The minimum atomic E-state index is -2.87. The lowest BCUT2D eigenvalue weighted by Gasteiger charge is -2.15. The van der Waals surface area contributed by atoms with Gasteiger partial charge in [-0.1, -0.05) is 24.3 Å². The number of ether oxygens (including phenoxy) is 1. The second-order valence-corrected chi connectivity index (χ2v) is 7.53. The number of nitrogens with one attached hydrogen (secondary N) is 1. The van der Waals surface area contributed by atoms with Gasteiger partial charge < -0.3 is 20.3 Å². The van der Waals surface area contributed by atoms with E-state index in [1.165, 1.54) is 12.1 Å². The molecule has 0 radical (unpaired) electrons. The lowest BCUT2D eigenvalue weighted by molar-refractivity contribution is -0.121. The Labute approximate surface area is 190 Å². The van der Waals surface area contributed by atoms with E-state index >= 15 is 0 Å². The van der Waals surface area contributed by atoms with Gasteiger partial charge in [0.25, 0.3) is 0 Å². The fraction of sp³-hybridized carbons (Fsp3) is 0.292. The molecule has 3 aromatic rings. The van der Waals surface area contributed by atoms with Gasteiger partial charge in [-0.15, -0.1) is 0 Å². The number of ketones is 1. The normalized spacial score (nSPS) is 12.9. The zero-order valence-electron chi connectivity index (χ0n) is 18.0. The molecule has 0 bridgehead atoms. The SMILES string of the molecule is C[C@H](O)CCC(=O)[C@@H](CO)c1ccc(Nc2ncc(-c3ccc(OC(F)F)cc3)cn2)cc1. The first kappa shape index (κ1) is 24.2. The maximum atomic E-state index is 12.3. The highest BCUT2D eigenvalue weighted by Crippen LogP contribution is 2.25. The molecular formula is C24H25F2N3O4. The summed E-state index contributed by atoms with van der Waals surface area (Å²) in [7, 11) is 0. The predicted molar refractivity (Wildman–Crippen MR) is 120 cm³/mol. The van der Waals surface area contributed by atoms with Crippen LogP contribution in [-0.2, 0) is 4.79 Å². The van der Waals surface area contributed by atoms with Crippen molar-refractivity contribution in [2.24, 2.45) is 0 Å². The molecule has 33 heavy (non-hydrogen) atoms. The number of aliphatic hydroxyl groups excluding tert-OH is 2. The smallest absolute Gasteiger partial charge is 0.387 e. The van der Waals surface area contributed by atoms with Gasteiger partial charge >= 0.3 is 6.61 Å². The summed E-state index contributed by atoms with van der Waals surface area (Å²) in [5, 5.41) is 22.1. The summed E-state index contributed by atoms with van der Waals surface area (Å²) in [5.74, 6) is -0.321. The summed E-state index contributed by atoms with van der Waals surface area (Å²) >= 11 is 0. The number of aliphatic hydroxyl groups is 2. The Morgan fingerprint density at radius 3 is 2.21 bits per heavy atom. The van der Waals surface area contributed by atoms with E-state index in [0.29, 0.717) is 29.2 Å². The van der Waals surface area contributed by atoms with Gasteiger partial charge in [0.2, 0.25) is 5.95 Å². The van der Waals surface area contributed by atoms with Crippen LogP contribution in [0.25, 0.3) is 11.1 Å². The van der Waals surface area contributed by atoms with E-state index in [2.05, 4.69) is 20.0 Å². The first-order valence-corrected chi connectivity index (χ1v) is 10.4. The third kappa shape index (κ3) is 7.03. The number of halogens is 2. The number of aromatic nitrogens is 2.